The number of aliphatic carboxylic acids is 2. The van der Waals surface area contributed by atoms with Gasteiger partial charge in [-0.15, -0.1) is 0 Å². The van der Waals surface area contributed by atoms with Crippen LogP contribution in [0, 0.1) is 40.9 Å². The first-order valence-electron chi connectivity index (χ1n) is 17.6. The van der Waals surface area contributed by atoms with Gasteiger partial charge in [0, 0.05) is 5.41 Å². The van der Waals surface area contributed by atoms with Crippen molar-refractivity contribution in [1.82, 2.24) is 0 Å². The van der Waals surface area contributed by atoms with Crippen LogP contribution in [0.5, 0.6) is 0 Å². The molecule has 0 aromatic heterocycles. The van der Waals surface area contributed by atoms with Gasteiger partial charge in [-0.1, -0.05) is 27.7 Å². The van der Waals surface area contributed by atoms with Crippen molar-refractivity contribution in [2.24, 2.45) is 40.9 Å². The predicted molar refractivity (Wildman–Crippen MR) is 166 cm³/mol. The van der Waals surface area contributed by atoms with E-state index in [1.54, 1.807) is 0 Å². The Morgan fingerprint density at radius 1 is 0.622 bits per heavy atom. The molecule has 4 fully saturated rings. The van der Waals surface area contributed by atoms with Crippen LogP contribution in [0.25, 0.3) is 0 Å². The summed E-state index contributed by atoms with van der Waals surface area (Å²) in [6.45, 7) is 10.1. The average molecular weight is 639 g/mol. The molecule has 0 radical (unpaired) electrons. The van der Waals surface area contributed by atoms with Crippen LogP contribution >= 0.6 is 0 Å². The van der Waals surface area contributed by atoms with Gasteiger partial charge in [-0.3, -0.25) is 14.4 Å². The highest BCUT2D eigenvalue weighted by atomic mass is 17.2. The summed E-state index contributed by atoms with van der Waals surface area (Å²) in [5.41, 5.74) is -0.138. The summed E-state index contributed by atoms with van der Waals surface area (Å²) in [5, 5.41) is 19.1. The van der Waals surface area contributed by atoms with E-state index in [1.807, 2.05) is 0 Å². The van der Waals surface area contributed by atoms with Crippen molar-refractivity contribution in [3.05, 3.63) is 0 Å². The van der Waals surface area contributed by atoms with E-state index in [1.165, 1.54) is 0 Å². The molecule has 45 heavy (non-hydrogen) atoms. The van der Waals surface area contributed by atoms with Gasteiger partial charge in [0.15, 0.2) is 0 Å². The number of carbonyl (C=O) groups excluding carboxylic acids is 1. The van der Waals surface area contributed by atoms with E-state index >= 15 is 0 Å². The van der Waals surface area contributed by atoms with Crippen molar-refractivity contribution in [1.29, 1.82) is 0 Å². The molecule has 6 unspecified atom stereocenters. The summed E-state index contributed by atoms with van der Waals surface area (Å²) in [5.74, 6) is -2.60. The van der Waals surface area contributed by atoms with Crippen molar-refractivity contribution in [2.45, 2.75) is 142 Å². The van der Waals surface area contributed by atoms with Crippen LogP contribution in [-0.4, -0.2) is 72.4 Å². The van der Waals surface area contributed by atoms with Gasteiger partial charge in [-0.05, 0) is 108 Å². The van der Waals surface area contributed by atoms with Gasteiger partial charge < -0.3 is 24.4 Å². The maximum atomic E-state index is 12.9. The topological polar surface area (TPSA) is 138 Å². The van der Waals surface area contributed by atoms with Gasteiger partial charge in [0.25, 0.3) is 0 Å². The van der Waals surface area contributed by atoms with Gasteiger partial charge in [0.2, 0.25) is 0 Å². The summed E-state index contributed by atoms with van der Waals surface area (Å²) in [6.07, 6.45) is 11.3. The third kappa shape index (κ3) is 11.2. The molecule has 258 valence electrons. The second kappa shape index (κ2) is 16.9. The van der Waals surface area contributed by atoms with Crippen molar-refractivity contribution in [3.8, 4) is 0 Å². The highest BCUT2D eigenvalue weighted by molar-refractivity contribution is 5.81. The minimum atomic E-state index is -0.891. The first-order valence-corrected chi connectivity index (χ1v) is 17.6. The molecule has 4 aliphatic rings. The van der Waals surface area contributed by atoms with E-state index in [9.17, 15) is 24.6 Å². The molecule has 10 heteroatoms. The smallest absolute Gasteiger partial charge is 0.310 e. The van der Waals surface area contributed by atoms with Crippen LogP contribution in [0.4, 0.5) is 0 Å². The Hall–Kier alpha value is -1.75. The van der Waals surface area contributed by atoms with Crippen LogP contribution < -0.4 is 0 Å². The van der Waals surface area contributed by atoms with Crippen molar-refractivity contribution in [2.75, 3.05) is 19.8 Å². The molecule has 4 rings (SSSR count). The lowest BCUT2D eigenvalue weighted by Crippen LogP contribution is -2.39. The van der Waals surface area contributed by atoms with Crippen molar-refractivity contribution < 1.29 is 48.6 Å². The van der Waals surface area contributed by atoms with E-state index in [2.05, 4.69) is 27.7 Å². The number of rotatable bonds is 14. The molecular weight excluding hydrogens is 580 g/mol. The molecule has 6 atom stereocenters. The minimum Gasteiger partial charge on any atom is -0.481 e. The number of carboxylic acid groups (broad SMARTS) is 2. The average Bonchev–Trinajstić information content (AvgIpc) is 3.00. The molecular formula is C35H58O10. The number of hydrogen-bond donors (Lipinski definition) is 2. The van der Waals surface area contributed by atoms with E-state index in [4.69, 9.17) is 24.0 Å². The SMILES string of the molecule is CC1CCC(C(=O)O)C(COOC2CCC(OCC(C)(C)COC3CCC(OC(=O)C4CC(C)CCC4C(=O)O)CC3)CC2)C1. The summed E-state index contributed by atoms with van der Waals surface area (Å²) < 4.78 is 18.4. The summed E-state index contributed by atoms with van der Waals surface area (Å²) in [4.78, 5) is 47.4. The lowest BCUT2D eigenvalue weighted by Gasteiger charge is -2.35. The number of hydrogen-bond acceptors (Lipinski definition) is 8. The molecule has 0 aromatic rings. The molecule has 0 spiro atoms. The Kier molecular flexibility index (Phi) is 13.5. The molecule has 2 N–H and O–H groups in total. The van der Waals surface area contributed by atoms with Crippen LogP contribution in [-0.2, 0) is 38.4 Å². The van der Waals surface area contributed by atoms with Gasteiger partial charge in [0.1, 0.15) is 6.10 Å². The van der Waals surface area contributed by atoms with E-state index in [-0.39, 0.29) is 47.6 Å². The Bertz CT molecular complexity index is 952. The van der Waals surface area contributed by atoms with Crippen LogP contribution in [0.15, 0.2) is 0 Å². The normalized spacial score (nSPS) is 36.3. The van der Waals surface area contributed by atoms with E-state index in [0.717, 1.165) is 70.6 Å². The van der Waals surface area contributed by atoms with Crippen LogP contribution in [0.2, 0.25) is 0 Å². The Balaban J connectivity index is 1.07. The maximum absolute atomic E-state index is 12.9. The second-order valence-electron chi connectivity index (χ2n) is 15.5. The first kappa shape index (κ1) is 36.1. The second-order valence-corrected chi connectivity index (χ2v) is 15.5. The quantitative estimate of drug-likeness (QED) is 0.124. The summed E-state index contributed by atoms with van der Waals surface area (Å²) in [7, 11) is 0. The third-order valence-corrected chi connectivity index (χ3v) is 10.7. The zero-order valence-electron chi connectivity index (χ0n) is 28.0. The van der Waals surface area contributed by atoms with Crippen molar-refractivity contribution >= 4 is 17.9 Å². The zero-order chi connectivity index (χ0) is 32.6. The van der Waals surface area contributed by atoms with Gasteiger partial charge in [0.05, 0.1) is 55.9 Å². The molecule has 0 amide bonds. The summed E-state index contributed by atoms with van der Waals surface area (Å²) >= 11 is 0. The molecule has 10 nitrogen and oxygen atoms in total. The Labute approximate surface area is 269 Å². The zero-order valence-corrected chi connectivity index (χ0v) is 28.0. The molecule has 0 aliphatic heterocycles. The first-order chi connectivity index (χ1) is 21.4. The molecule has 4 saturated carbocycles. The van der Waals surface area contributed by atoms with Gasteiger partial charge in [-0.25, -0.2) is 9.78 Å². The molecule has 4 aliphatic carbocycles. The minimum absolute atomic E-state index is 0.00626. The molecule has 0 saturated heterocycles. The number of esters is 1. The fraction of sp³-hybridized carbons (Fsp3) is 0.914. The van der Waals surface area contributed by atoms with Gasteiger partial charge in [-0.2, -0.15) is 0 Å². The van der Waals surface area contributed by atoms with Crippen LogP contribution in [0.1, 0.15) is 118 Å². The highest BCUT2D eigenvalue weighted by Gasteiger charge is 2.40. The van der Waals surface area contributed by atoms with E-state index in [0.29, 0.717) is 50.9 Å². The lowest BCUT2D eigenvalue weighted by atomic mass is 9.74. The lowest BCUT2D eigenvalue weighted by molar-refractivity contribution is -0.338. The molecule has 0 heterocycles. The number of ether oxygens (including phenoxy) is 3. The Morgan fingerprint density at radius 2 is 1.11 bits per heavy atom. The van der Waals surface area contributed by atoms with Crippen molar-refractivity contribution in [3.63, 3.8) is 0 Å². The molecule has 0 bridgehead atoms. The van der Waals surface area contributed by atoms with Crippen LogP contribution in [0.3, 0.4) is 0 Å². The number of carboxylic acids is 2. The van der Waals surface area contributed by atoms with Gasteiger partial charge >= 0.3 is 17.9 Å². The monoisotopic (exact) mass is 638 g/mol. The highest BCUT2D eigenvalue weighted by Crippen LogP contribution is 2.37. The predicted octanol–water partition coefficient (Wildman–Crippen LogP) is 6.43. The molecule has 0 aromatic carbocycles. The fourth-order valence-electron chi connectivity index (χ4n) is 7.76. The standard InChI is InChI=1S/C35H58O10/c1-22-5-15-29(32(36)37)24(17-22)19-43-45-28-13-9-26(10-14-28)42-21-35(3,4)20-41-25-7-11-27(12-8-25)44-34(40)31-18-23(2)6-16-30(31)33(38)39/h22-31H,5-21H2,1-4H3,(H,36,37)(H,38,39). The summed E-state index contributed by atoms with van der Waals surface area (Å²) in [6, 6.07) is 0. The Morgan fingerprint density at radius 3 is 1.67 bits per heavy atom. The fourth-order valence-corrected chi connectivity index (χ4v) is 7.76. The van der Waals surface area contributed by atoms with E-state index < -0.39 is 23.8 Å². The third-order valence-electron chi connectivity index (χ3n) is 10.7. The number of carbonyl (C=O) groups is 3. The largest absolute Gasteiger partial charge is 0.481 e. The maximum Gasteiger partial charge on any atom is 0.310 e.